The van der Waals surface area contributed by atoms with E-state index in [1.807, 2.05) is 18.2 Å². The normalized spacial score (nSPS) is 16.6. The Morgan fingerprint density at radius 3 is 2.64 bits per heavy atom. The van der Waals surface area contributed by atoms with Gasteiger partial charge in [0.25, 0.3) is 0 Å². The van der Waals surface area contributed by atoms with E-state index in [2.05, 4.69) is 27.3 Å². The zero-order valence-electron chi connectivity index (χ0n) is 15.0. The molecule has 0 saturated carbocycles. The zero-order valence-corrected chi connectivity index (χ0v) is 16.7. The minimum Gasteiger partial charge on any atom is -0.366 e. The molecule has 1 aromatic carbocycles. The average Bonchev–Trinajstić information content (AvgIpc) is 3.10. The Hall–Kier alpha value is -2.19. The molecule has 3 rings (SSSR count). The van der Waals surface area contributed by atoms with Crippen molar-refractivity contribution in [1.82, 2.24) is 15.4 Å². The van der Waals surface area contributed by atoms with Gasteiger partial charge >= 0.3 is 5.91 Å². The molecule has 1 saturated heterocycles. The largest absolute Gasteiger partial charge is 0.366 e. The fourth-order valence-electron chi connectivity index (χ4n) is 2.99. The van der Waals surface area contributed by atoms with Crippen molar-refractivity contribution in [2.24, 2.45) is 0 Å². The topological polar surface area (TPSA) is 77.5 Å². The second kappa shape index (κ2) is 11.6. The van der Waals surface area contributed by atoms with Gasteiger partial charge in [0.2, 0.25) is 0 Å². The van der Waals surface area contributed by atoms with Crippen LogP contribution in [0.1, 0.15) is 17.5 Å². The van der Waals surface area contributed by atoms with Gasteiger partial charge in [-0.25, -0.2) is 14.9 Å². The molecule has 1 atom stereocenters. The Morgan fingerprint density at radius 1 is 1.25 bits per heavy atom. The van der Waals surface area contributed by atoms with Crippen molar-refractivity contribution in [1.29, 1.82) is 0 Å². The summed E-state index contributed by atoms with van der Waals surface area (Å²) in [5, 5.41) is 11.8. The van der Waals surface area contributed by atoms with Gasteiger partial charge in [-0.15, -0.1) is 24.8 Å². The number of nitrogens with zero attached hydrogens (tertiary/aromatic N) is 2. The molecule has 0 bridgehead atoms. The standard InChI is InChI=1S/C19H21FN4O2.2ClH/c20-17(19(25)23-26)10-15-6-7-18(21-11-15)22-16-8-9-24(13-16)12-14-4-2-1-3-5-14;;/h1-7,10-11,16,26H,8-9,12-13H2,(H,21,22)(H,23,25);2*1H/t16-;;/m1../s1. The van der Waals surface area contributed by atoms with E-state index in [-0.39, 0.29) is 24.8 Å². The molecule has 28 heavy (non-hydrogen) atoms. The van der Waals surface area contributed by atoms with Crippen LogP contribution in [0.15, 0.2) is 54.5 Å². The number of hydrogen-bond acceptors (Lipinski definition) is 5. The van der Waals surface area contributed by atoms with Gasteiger partial charge in [0.05, 0.1) is 0 Å². The van der Waals surface area contributed by atoms with Crippen LogP contribution in [0.25, 0.3) is 6.08 Å². The monoisotopic (exact) mass is 428 g/mol. The summed E-state index contributed by atoms with van der Waals surface area (Å²) in [4.78, 5) is 17.6. The van der Waals surface area contributed by atoms with E-state index in [1.54, 1.807) is 12.1 Å². The van der Waals surface area contributed by atoms with Gasteiger partial charge in [-0.1, -0.05) is 30.3 Å². The molecule has 9 heteroatoms. The number of aromatic nitrogens is 1. The Kier molecular flexibility index (Phi) is 9.89. The van der Waals surface area contributed by atoms with Gasteiger partial charge in [0, 0.05) is 31.9 Å². The molecule has 152 valence electrons. The minimum atomic E-state index is -1.18. The Labute approximate surface area is 175 Å². The number of benzene rings is 1. The number of carbonyl (C=O) groups is 1. The summed E-state index contributed by atoms with van der Waals surface area (Å²) in [5.41, 5.74) is 2.99. The maximum absolute atomic E-state index is 13.4. The van der Waals surface area contributed by atoms with Crippen LogP contribution in [-0.2, 0) is 11.3 Å². The van der Waals surface area contributed by atoms with Crippen molar-refractivity contribution in [3.8, 4) is 0 Å². The fraction of sp³-hybridized carbons (Fsp3) is 0.263. The first-order valence-electron chi connectivity index (χ1n) is 8.44. The van der Waals surface area contributed by atoms with Gasteiger partial charge in [0.15, 0.2) is 5.83 Å². The zero-order chi connectivity index (χ0) is 18.4. The maximum atomic E-state index is 13.4. The number of nitrogens with one attached hydrogen (secondary N) is 2. The van der Waals surface area contributed by atoms with Crippen LogP contribution < -0.4 is 10.8 Å². The summed E-state index contributed by atoms with van der Waals surface area (Å²) in [6, 6.07) is 14.1. The van der Waals surface area contributed by atoms with E-state index in [0.717, 1.165) is 32.1 Å². The van der Waals surface area contributed by atoms with Crippen molar-refractivity contribution in [2.45, 2.75) is 19.0 Å². The van der Waals surface area contributed by atoms with E-state index >= 15 is 0 Å². The van der Waals surface area contributed by atoms with Gasteiger partial charge in [-0.2, -0.15) is 0 Å². The molecular formula is C19H23Cl2FN4O2. The minimum absolute atomic E-state index is 0. The third-order valence-electron chi connectivity index (χ3n) is 4.27. The van der Waals surface area contributed by atoms with E-state index < -0.39 is 11.7 Å². The highest BCUT2D eigenvalue weighted by Crippen LogP contribution is 2.17. The highest BCUT2D eigenvalue weighted by Gasteiger charge is 2.22. The molecule has 1 amide bonds. The number of hydroxylamine groups is 1. The lowest BCUT2D eigenvalue weighted by atomic mass is 10.2. The van der Waals surface area contributed by atoms with Crippen molar-refractivity contribution in [3.63, 3.8) is 0 Å². The number of likely N-dealkylation sites (tertiary alicyclic amines) is 1. The van der Waals surface area contributed by atoms with Gasteiger partial charge in [-0.3, -0.25) is 14.9 Å². The van der Waals surface area contributed by atoms with E-state index in [0.29, 0.717) is 17.4 Å². The Bertz CT molecular complexity index is 775. The first-order chi connectivity index (χ1) is 12.6. The van der Waals surface area contributed by atoms with E-state index in [4.69, 9.17) is 5.21 Å². The highest BCUT2D eigenvalue weighted by atomic mass is 35.5. The second-order valence-corrected chi connectivity index (χ2v) is 6.26. The molecule has 1 fully saturated rings. The number of pyridine rings is 1. The molecule has 0 spiro atoms. The summed E-state index contributed by atoms with van der Waals surface area (Å²) in [7, 11) is 0. The van der Waals surface area contributed by atoms with Crippen LogP contribution in [0.3, 0.4) is 0 Å². The quantitative estimate of drug-likeness (QED) is 0.373. The number of hydrogen-bond donors (Lipinski definition) is 3. The number of carbonyl (C=O) groups excluding carboxylic acids is 1. The summed E-state index contributed by atoms with van der Waals surface area (Å²) in [6.45, 7) is 2.89. The molecule has 1 aromatic heterocycles. The Balaban J connectivity index is 0.00000196. The number of amides is 1. The SMILES string of the molecule is Cl.Cl.O=C(NO)C(F)=Cc1ccc(N[C@@H]2CCN(Cc3ccccc3)C2)nc1. The molecule has 6 nitrogen and oxygen atoms in total. The highest BCUT2D eigenvalue weighted by molar-refractivity contribution is 5.94. The molecule has 3 N–H and O–H groups in total. The summed E-state index contributed by atoms with van der Waals surface area (Å²) < 4.78 is 13.4. The van der Waals surface area contributed by atoms with Crippen molar-refractivity contribution < 1.29 is 14.4 Å². The van der Waals surface area contributed by atoms with Gasteiger partial charge < -0.3 is 5.32 Å². The lowest BCUT2D eigenvalue weighted by molar-refractivity contribution is -0.126. The van der Waals surface area contributed by atoms with Crippen molar-refractivity contribution in [2.75, 3.05) is 18.4 Å². The molecule has 0 radical (unpaired) electrons. The van der Waals surface area contributed by atoms with E-state index in [9.17, 15) is 9.18 Å². The lowest BCUT2D eigenvalue weighted by Crippen LogP contribution is -2.26. The maximum Gasteiger partial charge on any atom is 0.303 e. The van der Waals surface area contributed by atoms with Crippen molar-refractivity contribution >= 4 is 42.6 Å². The first-order valence-corrected chi connectivity index (χ1v) is 8.44. The first kappa shape index (κ1) is 23.8. The number of halogens is 3. The molecule has 2 heterocycles. The predicted octanol–water partition coefficient (Wildman–Crippen LogP) is 3.43. The van der Waals surface area contributed by atoms with Crippen LogP contribution in [0.4, 0.5) is 10.2 Å². The fourth-order valence-corrected chi connectivity index (χ4v) is 2.99. The predicted molar refractivity (Wildman–Crippen MR) is 111 cm³/mol. The van der Waals surface area contributed by atoms with Crippen LogP contribution in [0.5, 0.6) is 0 Å². The molecule has 1 aliphatic rings. The summed E-state index contributed by atoms with van der Waals surface area (Å²) >= 11 is 0. The van der Waals surface area contributed by atoms with Crippen LogP contribution >= 0.6 is 24.8 Å². The van der Waals surface area contributed by atoms with Crippen LogP contribution in [-0.4, -0.2) is 40.1 Å². The third-order valence-corrected chi connectivity index (χ3v) is 4.27. The third kappa shape index (κ3) is 6.76. The molecule has 0 unspecified atom stereocenters. The molecule has 2 aromatic rings. The average molecular weight is 429 g/mol. The smallest absolute Gasteiger partial charge is 0.303 e. The van der Waals surface area contributed by atoms with Crippen LogP contribution in [0.2, 0.25) is 0 Å². The van der Waals surface area contributed by atoms with E-state index in [1.165, 1.54) is 17.2 Å². The molecular weight excluding hydrogens is 406 g/mol. The van der Waals surface area contributed by atoms with Gasteiger partial charge in [-0.05, 0) is 35.8 Å². The number of rotatable bonds is 6. The second-order valence-electron chi connectivity index (χ2n) is 6.26. The molecule has 1 aliphatic heterocycles. The number of anilines is 1. The Morgan fingerprint density at radius 2 is 2.00 bits per heavy atom. The van der Waals surface area contributed by atoms with Gasteiger partial charge in [0.1, 0.15) is 5.82 Å². The lowest BCUT2D eigenvalue weighted by Gasteiger charge is -2.17. The van der Waals surface area contributed by atoms with Crippen molar-refractivity contribution in [3.05, 3.63) is 65.6 Å². The van der Waals surface area contributed by atoms with Crippen LogP contribution in [0, 0.1) is 0 Å². The summed E-state index contributed by atoms with van der Waals surface area (Å²) in [5.74, 6) is -1.56. The molecule has 0 aliphatic carbocycles. The summed E-state index contributed by atoms with van der Waals surface area (Å²) in [6.07, 6.45) is 3.52.